The van der Waals surface area contributed by atoms with Crippen LogP contribution in [0.25, 0.3) is 6.08 Å². The summed E-state index contributed by atoms with van der Waals surface area (Å²) in [5.41, 5.74) is 0.585. The minimum Gasteiger partial charge on any atom is -0.493 e. The van der Waals surface area contributed by atoms with Gasteiger partial charge < -0.3 is 14.2 Å². The first-order valence-corrected chi connectivity index (χ1v) is 8.00. The lowest BCUT2D eigenvalue weighted by Gasteiger charge is -2.10. The fraction of sp³-hybridized carbons (Fsp3) is 0.176. The molecule has 0 bridgehead atoms. The monoisotopic (exact) mass is 365 g/mol. The Hall–Kier alpha value is -2.74. The van der Waals surface area contributed by atoms with Crippen LogP contribution in [0.3, 0.4) is 0 Å². The van der Waals surface area contributed by atoms with E-state index in [0.717, 1.165) is 9.75 Å². The van der Waals surface area contributed by atoms with Crippen molar-refractivity contribution in [2.24, 2.45) is 4.99 Å². The molecule has 0 amide bonds. The lowest BCUT2D eigenvalue weighted by Crippen LogP contribution is -2.07. The molecule has 130 valence electrons. The Balaban J connectivity index is 1.90. The molecule has 8 heteroatoms. The maximum atomic E-state index is 12.4. The summed E-state index contributed by atoms with van der Waals surface area (Å²) in [6, 6.07) is 8.01. The zero-order valence-electron chi connectivity index (χ0n) is 13.3. The molecular formula is C17H13F2NO4S. The van der Waals surface area contributed by atoms with Crippen molar-refractivity contribution >= 4 is 29.3 Å². The number of methoxy groups -OCH3 is 1. The number of cyclic esters (lactones) is 1. The van der Waals surface area contributed by atoms with Gasteiger partial charge in [-0.25, -0.2) is 9.79 Å². The molecule has 25 heavy (non-hydrogen) atoms. The van der Waals surface area contributed by atoms with Crippen molar-refractivity contribution in [1.29, 1.82) is 0 Å². The molecular weight excluding hydrogens is 352 g/mol. The molecule has 0 N–H and O–H groups in total. The average Bonchev–Trinajstić information content (AvgIpc) is 3.14. The summed E-state index contributed by atoms with van der Waals surface area (Å²) in [6.45, 7) is -1.01. The highest BCUT2D eigenvalue weighted by atomic mass is 32.1. The number of ether oxygens (including phenoxy) is 3. The molecule has 0 spiro atoms. The second-order valence-corrected chi connectivity index (χ2v) is 6.35. The minimum atomic E-state index is -2.97. The quantitative estimate of drug-likeness (QED) is 0.593. The Morgan fingerprint density at radius 3 is 2.68 bits per heavy atom. The van der Waals surface area contributed by atoms with E-state index in [2.05, 4.69) is 9.73 Å². The third-order valence-corrected chi connectivity index (χ3v) is 4.23. The summed E-state index contributed by atoms with van der Waals surface area (Å²) in [5, 5.41) is 0. The highest BCUT2D eigenvalue weighted by molar-refractivity contribution is 7.12. The maximum absolute atomic E-state index is 12.4. The number of halogens is 2. The molecule has 2 aromatic rings. The van der Waals surface area contributed by atoms with Crippen LogP contribution < -0.4 is 9.47 Å². The van der Waals surface area contributed by atoms with Crippen LogP contribution >= 0.6 is 11.3 Å². The van der Waals surface area contributed by atoms with Gasteiger partial charge in [0.1, 0.15) is 0 Å². The van der Waals surface area contributed by atoms with Gasteiger partial charge in [-0.2, -0.15) is 8.78 Å². The number of hydrogen-bond donors (Lipinski definition) is 0. The van der Waals surface area contributed by atoms with Crippen LogP contribution in [0.4, 0.5) is 8.78 Å². The number of rotatable bonds is 5. The van der Waals surface area contributed by atoms with Gasteiger partial charge in [0.2, 0.25) is 5.90 Å². The number of carbonyl (C=O) groups is 1. The molecule has 0 atom stereocenters. The summed E-state index contributed by atoms with van der Waals surface area (Å²) in [6.07, 6.45) is 1.64. The zero-order valence-corrected chi connectivity index (χ0v) is 14.1. The molecule has 0 radical (unpaired) electrons. The Kier molecular flexibility index (Phi) is 4.80. The number of benzene rings is 1. The van der Waals surface area contributed by atoms with Crippen LogP contribution in [-0.4, -0.2) is 25.6 Å². The van der Waals surface area contributed by atoms with Crippen molar-refractivity contribution in [1.82, 2.24) is 0 Å². The first-order valence-electron chi connectivity index (χ1n) is 7.18. The van der Waals surface area contributed by atoms with Crippen LogP contribution in [-0.2, 0) is 9.53 Å². The Bertz CT molecular complexity index is 873. The summed E-state index contributed by atoms with van der Waals surface area (Å²) in [7, 11) is 1.32. The molecule has 0 unspecified atom stereocenters. The number of thiophene rings is 1. The van der Waals surface area contributed by atoms with E-state index in [-0.39, 0.29) is 23.1 Å². The molecule has 0 saturated carbocycles. The summed E-state index contributed by atoms with van der Waals surface area (Å²) in [4.78, 5) is 18.2. The average molecular weight is 365 g/mol. The molecule has 1 aliphatic heterocycles. The lowest BCUT2D eigenvalue weighted by molar-refractivity contribution is -0.129. The molecule has 2 heterocycles. The van der Waals surface area contributed by atoms with Gasteiger partial charge in [0.15, 0.2) is 17.2 Å². The van der Waals surface area contributed by atoms with Crippen LogP contribution in [0.5, 0.6) is 11.5 Å². The maximum Gasteiger partial charge on any atom is 0.387 e. The molecule has 0 fully saturated rings. The summed E-state index contributed by atoms with van der Waals surface area (Å²) >= 11 is 1.53. The van der Waals surface area contributed by atoms with E-state index in [9.17, 15) is 13.6 Å². The fourth-order valence-electron chi connectivity index (χ4n) is 2.19. The van der Waals surface area contributed by atoms with Crippen molar-refractivity contribution in [3.63, 3.8) is 0 Å². The van der Waals surface area contributed by atoms with Crippen molar-refractivity contribution in [3.8, 4) is 11.5 Å². The minimum absolute atomic E-state index is 0.0754. The molecule has 1 aromatic carbocycles. The Labute approximate surface area is 146 Å². The number of esters is 1. The van der Waals surface area contributed by atoms with E-state index < -0.39 is 12.6 Å². The molecule has 1 aliphatic rings. The van der Waals surface area contributed by atoms with Crippen LogP contribution in [0, 0.1) is 6.92 Å². The second-order valence-electron chi connectivity index (χ2n) is 5.03. The summed E-state index contributed by atoms with van der Waals surface area (Å²) in [5.74, 6) is -0.529. The number of alkyl halides is 2. The fourth-order valence-corrected chi connectivity index (χ4v) is 3.01. The van der Waals surface area contributed by atoms with Gasteiger partial charge in [0, 0.05) is 15.3 Å². The third-order valence-electron chi connectivity index (χ3n) is 3.29. The molecule has 0 saturated heterocycles. The van der Waals surface area contributed by atoms with Crippen LogP contribution in [0.1, 0.15) is 15.3 Å². The van der Waals surface area contributed by atoms with Crippen LogP contribution in [0.2, 0.25) is 0 Å². The SMILES string of the molecule is COc1cc(C2=N/C(=C\c3ccc(C)s3)C(=O)O2)ccc1OC(F)F. The number of hydrogen-bond acceptors (Lipinski definition) is 6. The molecule has 0 aliphatic carbocycles. The highest BCUT2D eigenvalue weighted by Crippen LogP contribution is 2.31. The Morgan fingerprint density at radius 1 is 1.24 bits per heavy atom. The highest BCUT2D eigenvalue weighted by Gasteiger charge is 2.25. The van der Waals surface area contributed by atoms with Gasteiger partial charge >= 0.3 is 12.6 Å². The third kappa shape index (κ3) is 3.85. The van der Waals surface area contributed by atoms with Crippen LogP contribution in [0.15, 0.2) is 41.0 Å². The van der Waals surface area contributed by atoms with E-state index in [1.165, 1.54) is 36.6 Å². The van der Waals surface area contributed by atoms with E-state index in [1.54, 1.807) is 6.08 Å². The number of carbonyl (C=O) groups excluding carboxylic acids is 1. The van der Waals surface area contributed by atoms with Gasteiger partial charge in [-0.3, -0.25) is 0 Å². The predicted octanol–water partition coefficient (Wildman–Crippen LogP) is 4.01. The second kappa shape index (κ2) is 7.02. The largest absolute Gasteiger partial charge is 0.493 e. The molecule has 3 rings (SSSR count). The zero-order chi connectivity index (χ0) is 18.0. The first kappa shape index (κ1) is 17.1. The van der Waals surface area contributed by atoms with Gasteiger partial charge in [0.05, 0.1) is 7.11 Å². The van der Waals surface area contributed by atoms with Gasteiger partial charge in [-0.15, -0.1) is 11.3 Å². The normalized spacial score (nSPS) is 15.5. The summed E-state index contributed by atoms with van der Waals surface area (Å²) < 4.78 is 39.3. The Morgan fingerprint density at radius 2 is 2.04 bits per heavy atom. The molecule has 5 nitrogen and oxygen atoms in total. The molecule has 1 aromatic heterocycles. The predicted molar refractivity (Wildman–Crippen MR) is 89.3 cm³/mol. The van der Waals surface area contributed by atoms with Crippen molar-refractivity contribution in [3.05, 3.63) is 51.3 Å². The van der Waals surface area contributed by atoms with E-state index in [0.29, 0.717) is 5.56 Å². The number of nitrogens with zero attached hydrogens (tertiary/aromatic N) is 1. The lowest BCUT2D eigenvalue weighted by atomic mass is 10.2. The number of aliphatic imine (C=N–C) groups is 1. The van der Waals surface area contributed by atoms with Crippen molar-refractivity contribution in [2.45, 2.75) is 13.5 Å². The van der Waals surface area contributed by atoms with Crippen molar-refractivity contribution < 1.29 is 27.8 Å². The van der Waals surface area contributed by atoms with E-state index >= 15 is 0 Å². The van der Waals surface area contributed by atoms with E-state index in [4.69, 9.17) is 9.47 Å². The topological polar surface area (TPSA) is 57.1 Å². The van der Waals surface area contributed by atoms with E-state index in [1.807, 2.05) is 19.1 Å². The standard InChI is InChI=1S/C17H13F2NO4S/c1-9-3-5-11(25-9)8-12-16(21)24-15(20-12)10-4-6-13(23-17(18)19)14(7-10)22-2/h3-8,17H,1-2H3/b12-8-. The first-order chi connectivity index (χ1) is 12.0. The van der Waals surface area contributed by atoms with Crippen molar-refractivity contribution in [2.75, 3.05) is 7.11 Å². The van der Waals surface area contributed by atoms with Gasteiger partial charge in [-0.05, 0) is 43.3 Å². The van der Waals surface area contributed by atoms with Gasteiger partial charge in [-0.1, -0.05) is 0 Å². The van der Waals surface area contributed by atoms with Gasteiger partial charge in [0.25, 0.3) is 0 Å². The smallest absolute Gasteiger partial charge is 0.387 e. The number of aryl methyl sites for hydroxylation is 1.